The molecular formula is C13H25NS. The molecule has 0 bridgehead atoms. The summed E-state index contributed by atoms with van der Waals surface area (Å²) in [6, 6.07) is 0.827. The zero-order chi connectivity index (χ0) is 10.5. The molecule has 1 aliphatic carbocycles. The molecule has 1 nitrogen and oxygen atoms in total. The summed E-state index contributed by atoms with van der Waals surface area (Å²) >= 11 is 2.13. The normalized spacial score (nSPS) is 34.2. The number of thioether (sulfide) groups is 1. The van der Waals surface area contributed by atoms with Crippen molar-refractivity contribution in [1.82, 2.24) is 5.32 Å². The second-order valence-electron chi connectivity index (χ2n) is 5.33. The van der Waals surface area contributed by atoms with Crippen LogP contribution in [0.25, 0.3) is 0 Å². The van der Waals surface area contributed by atoms with Crippen molar-refractivity contribution < 1.29 is 0 Å². The Hall–Kier alpha value is 0.310. The zero-order valence-electron chi connectivity index (χ0n) is 10.0. The molecule has 1 saturated heterocycles. The summed E-state index contributed by atoms with van der Waals surface area (Å²) < 4.78 is 0. The van der Waals surface area contributed by atoms with Gasteiger partial charge in [0.1, 0.15) is 0 Å². The molecule has 88 valence electrons. The zero-order valence-corrected chi connectivity index (χ0v) is 10.8. The number of hydrogen-bond acceptors (Lipinski definition) is 2. The first kappa shape index (κ1) is 11.8. The Morgan fingerprint density at radius 3 is 2.53 bits per heavy atom. The first-order valence-electron chi connectivity index (χ1n) is 6.67. The molecule has 0 radical (unpaired) electrons. The highest BCUT2D eigenvalue weighted by molar-refractivity contribution is 7.99. The van der Waals surface area contributed by atoms with Gasteiger partial charge in [-0.25, -0.2) is 0 Å². The van der Waals surface area contributed by atoms with Gasteiger partial charge in [-0.3, -0.25) is 0 Å². The van der Waals surface area contributed by atoms with Crippen molar-refractivity contribution in [3.05, 3.63) is 0 Å². The molecule has 1 heterocycles. The van der Waals surface area contributed by atoms with Crippen molar-refractivity contribution >= 4 is 11.8 Å². The van der Waals surface area contributed by atoms with Gasteiger partial charge in [0, 0.05) is 6.04 Å². The lowest BCUT2D eigenvalue weighted by atomic mass is 9.85. The lowest BCUT2D eigenvalue weighted by Gasteiger charge is -2.32. The van der Waals surface area contributed by atoms with Crippen LogP contribution in [0.5, 0.6) is 0 Å². The van der Waals surface area contributed by atoms with Crippen LogP contribution in [0.15, 0.2) is 0 Å². The maximum absolute atomic E-state index is 3.83. The first-order chi connectivity index (χ1) is 7.36. The predicted octanol–water partition coefficient (Wildman–Crippen LogP) is 3.30. The van der Waals surface area contributed by atoms with Gasteiger partial charge < -0.3 is 5.32 Å². The largest absolute Gasteiger partial charge is 0.313 e. The van der Waals surface area contributed by atoms with E-state index in [0.717, 1.165) is 17.9 Å². The molecule has 2 rings (SSSR count). The van der Waals surface area contributed by atoms with Gasteiger partial charge in [0.05, 0.1) is 0 Å². The van der Waals surface area contributed by atoms with Crippen molar-refractivity contribution in [2.24, 2.45) is 11.8 Å². The molecule has 1 aliphatic heterocycles. The van der Waals surface area contributed by atoms with Crippen molar-refractivity contribution in [3.63, 3.8) is 0 Å². The average Bonchev–Trinajstić information content (AvgIpc) is 2.29. The fourth-order valence-electron chi connectivity index (χ4n) is 2.89. The van der Waals surface area contributed by atoms with Gasteiger partial charge in [-0.15, -0.1) is 0 Å². The van der Waals surface area contributed by atoms with Gasteiger partial charge >= 0.3 is 0 Å². The van der Waals surface area contributed by atoms with Crippen LogP contribution in [0.4, 0.5) is 0 Å². The van der Waals surface area contributed by atoms with Crippen LogP contribution >= 0.6 is 11.8 Å². The molecule has 1 saturated carbocycles. The number of rotatable bonds is 3. The van der Waals surface area contributed by atoms with Crippen LogP contribution in [-0.4, -0.2) is 24.1 Å². The molecule has 0 amide bonds. The smallest absolute Gasteiger partial charge is 0.00928 e. The van der Waals surface area contributed by atoms with Gasteiger partial charge in [-0.05, 0) is 55.6 Å². The van der Waals surface area contributed by atoms with Crippen molar-refractivity contribution in [3.8, 4) is 0 Å². The lowest BCUT2D eigenvalue weighted by Crippen LogP contribution is -2.40. The van der Waals surface area contributed by atoms with E-state index in [1.165, 1.54) is 56.6 Å². The fraction of sp³-hybridized carbons (Fsp3) is 1.00. The molecule has 15 heavy (non-hydrogen) atoms. The van der Waals surface area contributed by atoms with Crippen LogP contribution in [-0.2, 0) is 0 Å². The van der Waals surface area contributed by atoms with Gasteiger partial charge in [-0.1, -0.05) is 19.8 Å². The Morgan fingerprint density at radius 1 is 1.07 bits per heavy atom. The Bertz CT molecular complexity index is 177. The van der Waals surface area contributed by atoms with Crippen LogP contribution in [0.1, 0.15) is 45.4 Å². The van der Waals surface area contributed by atoms with Crippen LogP contribution in [0.3, 0.4) is 0 Å². The quantitative estimate of drug-likeness (QED) is 0.794. The molecule has 2 aliphatic rings. The second-order valence-corrected chi connectivity index (χ2v) is 6.56. The second kappa shape index (κ2) is 6.15. The van der Waals surface area contributed by atoms with E-state index in [-0.39, 0.29) is 0 Å². The minimum absolute atomic E-state index is 0.827. The summed E-state index contributed by atoms with van der Waals surface area (Å²) in [6.07, 6.45) is 8.65. The monoisotopic (exact) mass is 227 g/mol. The van der Waals surface area contributed by atoms with E-state index in [1.807, 2.05) is 0 Å². The summed E-state index contributed by atoms with van der Waals surface area (Å²) in [4.78, 5) is 0. The third kappa shape index (κ3) is 3.67. The van der Waals surface area contributed by atoms with Crippen molar-refractivity contribution in [2.75, 3.05) is 18.1 Å². The first-order valence-corrected chi connectivity index (χ1v) is 7.83. The SMILES string of the molecule is CC1CCCCC1NCC1CCSCC1. The highest BCUT2D eigenvalue weighted by atomic mass is 32.2. The Morgan fingerprint density at radius 2 is 1.80 bits per heavy atom. The maximum Gasteiger partial charge on any atom is 0.00928 e. The molecule has 2 atom stereocenters. The summed E-state index contributed by atoms with van der Waals surface area (Å²) in [7, 11) is 0. The minimum atomic E-state index is 0.827. The molecule has 2 fully saturated rings. The molecule has 0 aromatic heterocycles. The highest BCUT2D eigenvalue weighted by Crippen LogP contribution is 2.26. The molecule has 0 aromatic rings. The average molecular weight is 227 g/mol. The number of nitrogens with one attached hydrogen (secondary N) is 1. The van der Waals surface area contributed by atoms with E-state index in [2.05, 4.69) is 24.0 Å². The van der Waals surface area contributed by atoms with Crippen molar-refractivity contribution in [1.29, 1.82) is 0 Å². The Balaban J connectivity index is 1.67. The topological polar surface area (TPSA) is 12.0 Å². The molecule has 1 N–H and O–H groups in total. The predicted molar refractivity (Wildman–Crippen MR) is 69.5 cm³/mol. The van der Waals surface area contributed by atoms with E-state index >= 15 is 0 Å². The molecule has 2 unspecified atom stereocenters. The minimum Gasteiger partial charge on any atom is -0.313 e. The molecule has 0 aromatic carbocycles. The molecule has 2 heteroatoms. The van der Waals surface area contributed by atoms with Crippen LogP contribution in [0.2, 0.25) is 0 Å². The van der Waals surface area contributed by atoms with Gasteiger partial charge in [0.2, 0.25) is 0 Å². The van der Waals surface area contributed by atoms with Crippen molar-refractivity contribution in [2.45, 2.75) is 51.5 Å². The Labute approximate surface area is 98.8 Å². The van der Waals surface area contributed by atoms with Crippen LogP contribution in [0, 0.1) is 11.8 Å². The van der Waals surface area contributed by atoms with Gasteiger partial charge in [0.25, 0.3) is 0 Å². The van der Waals surface area contributed by atoms with Gasteiger partial charge in [0.15, 0.2) is 0 Å². The third-order valence-corrected chi connectivity index (χ3v) is 5.17. The lowest BCUT2D eigenvalue weighted by molar-refractivity contribution is 0.265. The summed E-state index contributed by atoms with van der Waals surface area (Å²) in [5.41, 5.74) is 0. The maximum atomic E-state index is 3.83. The Kier molecular flexibility index (Phi) is 4.83. The van der Waals surface area contributed by atoms with E-state index < -0.39 is 0 Å². The highest BCUT2D eigenvalue weighted by Gasteiger charge is 2.22. The van der Waals surface area contributed by atoms with E-state index in [9.17, 15) is 0 Å². The van der Waals surface area contributed by atoms with Gasteiger partial charge in [-0.2, -0.15) is 11.8 Å². The number of hydrogen-bond donors (Lipinski definition) is 1. The van der Waals surface area contributed by atoms with Crippen LogP contribution < -0.4 is 5.32 Å². The summed E-state index contributed by atoms with van der Waals surface area (Å²) in [5, 5.41) is 3.83. The van der Waals surface area contributed by atoms with E-state index in [1.54, 1.807) is 0 Å². The molecule has 0 spiro atoms. The standard InChI is InChI=1S/C13H25NS/c1-11-4-2-3-5-13(11)14-10-12-6-8-15-9-7-12/h11-14H,2-10H2,1H3. The van der Waals surface area contributed by atoms with E-state index in [0.29, 0.717) is 0 Å². The summed E-state index contributed by atoms with van der Waals surface area (Å²) in [6.45, 7) is 3.71. The fourth-order valence-corrected chi connectivity index (χ4v) is 4.09. The summed E-state index contributed by atoms with van der Waals surface area (Å²) in [5.74, 6) is 4.68. The molecular weight excluding hydrogens is 202 g/mol. The third-order valence-electron chi connectivity index (χ3n) is 4.12. The van der Waals surface area contributed by atoms with E-state index in [4.69, 9.17) is 0 Å².